The summed E-state index contributed by atoms with van der Waals surface area (Å²) in [7, 11) is 1.59. The molecule has 19 heavy (non-hydrogen) atoms. The number of hydrogen-bond donors (Lipinski definition) is 2. The average Bonchev–Trinajstić information content (AvgIpc) is 2.99. The number of nitrogens with two attached hydrogens (primary N) is 1. The number of benzene rings is 1. The second-order valence-electron chi connectivity index (χ2n) is 4.36. The maximum Gasteiger partial charge on any atom is 0.197 e. The number of methoxy groups -OCH3 is 1. The van der Waals surface area contributed by atoms with Crippen LogP contribution in [0, 0.1) is 0 Å². The van der Waals surface area contributed by atoms with E-state index >= 15 is 0 Å². The molecule has 0 spiro atoms. The lowest BCUT2D eigenvalue weighted by Gasteiger charge is -2.12. The smallest absolute Gasteiger partial charge is 0.197 e. The van der Waals surface area contributed by atoms with Crippen molar-refractivity contribution in [3.05, 3.63) is 29.8 Å². The summed E-state index contributed by atoms with van der Waals surface area (Å²) >= 11 is 1.30. The number of aromatic nitrogens is 1. The summed E-state index contributed by atoms with van der Waals surface area (Å²) < 4.78 is 15.1. The number of nitrogens with one attached hydrogen (secondary N) is 1. The molecule has 0 bridgehead atoms. The molecule has 2 heterocycles. The Labute approximate surface area is 115 Å². The summed E-state index contributed by atoms with van der Waals surface area (Å²) in [5.74, 6) is 2.01. The van der Waals surface area contributed by atoms with Gasteiger partial charge < -0.3 is 20.5 Å². The molecule has 3 rings (SSSR count). The Morgan fingerprint density at radius 3 is 3.16 bits per heavy atom. The lowest BCUT2D eigenvalue weighted by Crippen LogP contribution is -2.23. The van der Waals surface area contributed by atoms with Crippen molar-refractivity contribution in [3.63, 3.8) is 0 Å². The van der Waals surface area contributed by atoms with Crippen molar-refractivity contribution in [1.82, 2.24) is 4.37 Å². The van der Waals surface area contributed by atoms with Crippen LogP contribution < -0.4 is 20.5 Å². The highest BCUT2D eigenvalue weighted by atomic mass is 32.1. The number of rotatable bonds is 4. The molecule has 100 valence electrons. The van der Waals surface area contributed by atoms with Gasteiger partial charge in [-0.05, 0) is 23.2 Å². The summed E-state index contributed by atoms with van der Waals surface area (Å²) in [6.07, 6.45) is 1.05. The molecule has 0 radical (unpaired) electrons. The van der Waals surface area contributed by atoms with Gasteiger partial charge >= 0.3 is 0 Å². The van der Waals surface area contributed by atoms with Gasteiger partial charge in [-0.15, -0.1) is 0 Å². The molecule has 1 atom stereocenters. The van der Waals surface area contributed by atoms with E-state index in [9.17, 15) is 0 Å². The van der Waals surface area contributed by atoms with Gasteiger partial charge in [0.1, 0.15) is 11.9 Å². The van der Waals surface area contributed by atoms with Crippen molar-refractivity contribution in [2.45, 2.75) is 12.5 Å². The van der Waals surface area contributed by atoms with Gasteiger partial charge in [0.25, 0.3) is 0 Å². The zero-order valence-electron chi connectivity index (χ0n) is 10.6. The number of para-hydroxylation sites is 1. The van der Waals surface area contributed by atoms with Gasteiger partial charge in [0.05, 0.1) is 13.7 Å². The van der Waals surface area contributed by atoms with Crippen LogP contribution in [0.3, 0.4) is 0 Å². The maximum atomic E-state index is 5.86. The number of ether oxygens (including phenoxy) is 2. The van der Waals surface area contributed by atoms with Gasteiger partial charge in [0.15, 0.2) is 16.6 Å². The summed E-state index contributed by atoms with van der Waals surface area (Å²) in [5, 5.41) is 4.13. The van der Waals surface area contributed by atoms with Crippen molar-refractivity contribution >= 4 is 22.4 Å². The Morgan fingerprint density at radius 2 is 2.37 bits per heavy atom. The van der Waals surface area contributed by atoms with Crippen LogP contribution in [0.1, 0.15) is 5.56 Å². The third kappa shape index (κ3) is 2.31. The molecule has 1 aromatic carbocycles. The van der Waals surface area contributed by atoms with Gasteiger partial charge in [-0.1, -0.05) is 18.2 Å². The number of anilines is 2. The molecule has 0 saturated carbocycles. The van der Waals surface area contributed by atoms with Crippen molar-refractivity contribution in [2.75, 3.05) is 24.7 Å². The van der Waals surface area contributed by atoms with Crippen LogP contribution >= 0.6 is 11.5 Å². The summed E-state index contributed by atoms with van der Waals surface area (Å²) in [5.41, 5.74) is 6.96. The Morgan fingerprint density at radius 1 is 1.53 bits per heavy atom. The predicted molar refractivity (Wildman–Crippen MR) is 76.1 cm³/mol. The zero-order valence-corrected chi connectivity index (χ0v) is 11.4. The molecule has 2 aromatic rings. The average molecular weight is 277 g/mol. The highest BCUT2D eigenvalue weighted by Gasteiger charge is 2.23. The van der Waals surface area contributed by atoms with E-state index in [1.807, 2.05) is 18.2 Å². The van der Waals surface area contributed by atoms with Crippen LogP contribution in [0.5, 0.6) is 11.5 Å². The fourth-order valence-corrected chi connectivity index (χ4v) is 2.87. The number of hydrogen-bond acceptors (Lipinski definition) is 6. The van der Waals surface area contributed by atoms with Crippen molar-refractivity contribution in [1.29, 1.82) is 0 Å². The first-order valence-electron chi connectivity index (χ1n) is 6.05. The molecule has 1 aromatic heterocycles. The Balaban J connectivity index is 1.63. The van der Waals surface area contributed by atoms with E-state index in [1.54, 1.807) is 7.11 Å². The summed E-state index contributed by atoms with van der Waals surface area (Å²) in [4.78, 5) is 0. The quantitative estimate of drug-likeness (QED) is 0.896. The van der Waals surface area contributed by atoms with Crippen LogP contribution in [0.4, 0.5) is 10.8 Å². The highest BCUT2D eigenvalue weighted by molar-refractivity contribution is 7.11. The van der Waals surface area contributed by atoms with E-state index in [1.165, 1.54) is 17.1 Å². The molecule has 1 unspecified atom stereocenters. The number of fused-ring (bicyclic) bond motifs is 1. The number of nitrogen functional groups attached to an aromatic ring is 1. The minimum atomic E-state index is 0.130. The van der Waals surface area contributed by atoms with Crippen molar-refractivity contribution < 1.29 is 9.47 Å². The monoisotopic (exact) mass is 277 g/mol. The first-order valence-corrected chi connectivity index (χ1v) is 6.83. The Kier molecular flexibility index (Phi) is 3.16. The molecule has 0 amide bonds. The topological polar surface area (TPSA) is 69.4 Å². The standard InChI is InChI=1S/C13H15N3O2S/c1-17-11-12(14)16-19-13(11)15-7-9-6-8-4-2-3-5-10(8)18-9/h2-5,9,15H,6-7H2,1H3,(H2,14,16). The fourth-order valence-electron chi connectivity index (χ4n) is 2.18. The molecule has 6 heteroatoms. The summed E-state index contributed by atoms with van der Waals surface area (Å²) in [6, 6.07) is 8.12. The third-order valence-corrected chi connectivity index (χ3v) is 3.88. The molecule has 0 aliphatic carbocycles. The Bertz CT molecular complexity index is 560. The Hall–Kier alpha value is -1.95. The molecule has 1 aliphatic rings. The second-order valence-corrected chi connectivity index (χ2v) is 5.14. The van der Waals surface area contributed by atoms with Gasteiger partial charge in [-0.25, -0.2) is 0 Å². The van der Waals surface area contributed by atoms with E-state index in [2.05, 4.69) is 15.8 Å². The van der Waals surface area contributed by atoms with E-state index < -0.39 is 0 Å². The lowest BCUT2D eigenvalue weighted by atomic mass is 10.1. The van der Waals surface area contributed by atoms with Gasteiger partial charge in [-0.2, -0.15) is 4.37 Å². The number of nitrogens with zero attached hydrogens (tertiary/aromatic N) is 1. The molecule has 5 nitrogen and oxygen atoms in total. The minimum absolute atomic E-state index is 0.130. The van der Waals surface area contributed by atoms with Crippen LogP contribution in [0.2, 0.25) is 0 Å². The van der Waals surface area contributed by atoms with Crippen LogP contribution in [0.15, 0.2) is 24.3 Å². The van der Waals surface area contributed by atoms with Crippen molar-refractivity contribution in [3.8, 4) is 11.5 Å². The van der Waals surface area contributed by atoms with Crippen LogP contribution in [-0.2, 0) is 6.42 Å². The van der Waals surface area contributed by atoms with Crippen LogP contribution in [0.25, 0.3) is 0 Å². The van der Waals surface area contributed by atoms with E-state index in [4.69, 9.17) is 15.2 Å². The lowest BCUT2D eigenvalue weighted by molar-refractivity contribution is 0.246. The minimum Gasteiger partial charge on any atom is -0.490 e. The first kappa shape index (κ1) is 12.1. The van der Waals surface area contributed by atoms with Gasteiger partial charge in [-0.3, -0.25) is 0 Å². The zero-order chi connectivity index (χ0) is 13.2. The van der Waals surface area contributed by atoms with Gasteiger partial charge in [0, 0.05) is 6.42 Å². The SMILES string of the molecule is COc1c(N)nsc1NCC1Cc2ccccc2O1. The van der Waals surface area contributed by atoms with Gasteiger partial charge in [0.2, 0.25) is 0 Å². The van der Waals surface area contributed by atoms with Crippen LogP contribution in [-0.4, -0.2) is 24.1 Å². The normalized spacial score (nSPS) is 16.8. The fraction of sp³-hybridized carbons (Fsp3) is 0.308. The molecule has 1 aliphatic heterocycles. The third-order valence-electron chi connectivity index (χ3n) is 3.08. The van der Waals surface area contributed by atoms with E-state index in [0.29, 0.717) is 18.1 Å². The van der Waals surface area contributed by atoms with Crippen molar-refractivity contribution in [2.24, 2.45) is 0 Å². The predicted octanol–water partition coefficient (Wildman–Crippen LogP) is 2.15. The largest absolute Gasteiger partial charge is 0.490 e. The highest BCUT2D eigenvalue weighted by Crippen LogP contribution is 2.35. The molecular weight excluding hydrogens is 262 g/mol. The molecule has 3 N–H and O–H groups in total. The second kappa shape index (κ2) is 4.97. The van der Waals surface area contributed by atoms with E-state index in [0.717, 1.165) is 17.2 Å². The molecular formula is C13H15N3O2S. The van der Waals surface area contributed by atoms with E-state index in [-0.39, 0.29) is 6.10 Å². The maximum absolute atomic E-state index is 5.86. The first-order chi connectivity index (χ1) is 9.28. The summed E-state index contributed by atoms with van der Waals surface area (Å²) in [6.45, 7) is 0.701. The molecule has 0 fully saturated rings. The molecule has 0 saturated heterocycles.